The van der Waals surface area contributed by atoms with Crippen molar-refractivity contribution in [2.45, 2.75) is 23.5 Å². The van der Waals surface area contributed by atoms with Gasteiger partial charge in [-0.3, -0.25) is 4.21 Å². The summed E-state index contributed by atoms with van der Waals surface area (Å²) in [5.41, 5.74) is 5.53. The van der Waals surface area contributed by atoms with Crippen LogP contribution in [-0.4, -0.2) is 16.0 Å². The highest BCUT2D eigenvalue weighted by molar-refractivity contribution is 7.85. The summed E-state index contributed by atoms with van der Waals surface area (Å²) in [6.45, 7) is 2.50. The molecule has 13 heavy (non-hydrogen) atoms. The molecule has 72 valence electrons. The zero-order valence-electron chi connectivity index (χ0n) is 7.77. The quantitative estimate of drug-likeness (QED) is 0.795. The summed E-state index contributed by atoms with van der Waals surface area (Å²) >= 11 is 0. The van der Waals surface area contributed by atoms with E-state index >= 15 is 0 Å². The molecule has 0 amide bonds. The lowest BCUT2D eigenvalue weighted by Crippen LogP contribution is -2.24. The first-order chi connectivity index (χ1) is 6.29. The zero-order valence-corrected chi connectivity index (χ0v) is 8.59. The largest absolute Gasteiger partial charge is 0.329 e. The van der Waals surface area contributed by atoms with Gasteiger partial charge in [0.2, 0.25) is 0 Å². The first kappa shape index (κ1) is 10.4. The Hall–Kier alpha value is -0.670. The van der Waals surface area contributed by atoms with E-state index in [0.717, 1.165) is 11.3 Å². The molecule has 0 spiro atoms. The van der Waals surface area contributed by atoms with Crippen LogP contribution in [0.15, 0.2) is 35.2 Å². The molecule has 0 saturated heterocycles. The van der Waals surface area contributed by atoms with Gasteiger partial charge in [0.25, 0.3) is 0 Å². The normalized spacial score (nSPS) is 15.2. The van der Waals surface area contributed by atoms with Crippen LogP contribution >= 0.6 is 0 Å². The summed E-state index contributed by atoms with van der Waals surface area (Å²) in [6.07, 6.45) is 0.859. The molecule has 2 N–H and O–H groups in total. The molecule has 2 atom stereocenters. The van der Waals surface area contributed by atoms with Gasteiger partial charge in [0, 0.05) is 11.4 Å². The van der Waals surface area contributed by atoms with E-state index < -0.39 is 10.8 Å². The topological polar surface area (TPSA) is 43.1 Å². The van der Waals surface area contributed by atoms with Crippen molar-refractivity contribution < 1.29 is 4.21 Å². The van der Waals surface area contributed by atoms with Crippen LogP contribution in [0.25, 0.3) is 0 Å². The van der Waals surface area contributed by atoms with Gasteiger partial charge in [0.05, 0.1) is 16.0 Å². The van der Waals surface area contributed by atoms with E-state index in [-0.39, 0.29) is 5.25 Å². The van der Waals surface area contributed by atoms with Crippen LogP contribution in [-0.2, 0) is 10.8 Å². The van der Waals surface area contributed by atoms with Gasteiger partial charge in [0.15, 0.2) is 0 Å². The third-order valence-corrected chi connectivity index (χ3v) is 3.86. The van der Waals surface area contributed by atoms with Crippen LogP contribution < -0.4 is 5.73 Å². The van der Waals surface area contributed by atoms with Crippen molar-refractivity contribution in [1.82, 2.24) is 0 Å². The number of hydrogen-bond donors (Lipinski definition) is 1. The van der Waals surface area contributed by atoms with Gasteiger partial charge in [-0.1, -0.05) is 25.1 Å². The lowest BCUT2D eigenvalue weighted by Gasteiger charge is -2.11. The summed E-state index contributed by atoms with van der Waals surface area (Å²) in [5, 5.41) is 0.0856. The molecule has 0 aliphatic carbocycles. The van der Waals surface area contributed by atoms with Crippen LogP contribution in [0.2, 0.25) is 0 Å². The second-order valence-electron chi connectivity index (χ2n) is 2.88. The second-order valence-corrected chi connectivity index (χ2v) is 4.61. The molecule has 2 unspecified atom stereocenters. The van der Waals surface area contributed by atoms with Crippen LogP contribution in [0.4, 0.5) is 0 Å². The van der Waals surface area contributed by atoms with Crippen LogP contribution in [0.1, 0.15) is 13.3 Å². The molecule has 0 saturated carbocycles. The number of nitrogens with two attached hydrogens (primary N) is 1. The summed E-state index contributed by atoms with van der Waals surface area (Å²) in [5.74, 6) is 0. The Kier molecular flexibility index (Phi) is 4.12. The van der Waals surface area contributed by atoms with Gasteiger partial charge >= 0.3 is 0 Å². The van der Waals surface area contributed by atoms with Crippen molar-refractivity contribution in [3.63, 3.8) is 0 Å². The fraction of sp³-hybridized carbons (Fsp3) is 0.400. The number of rotatable bonds is 4. The van der Waals surface area contributed by atoms with E-state index in [9.17, 15) is 4.21 Å². The zero-order chi connectivity index (χ0) is 9.68. The first-order valence-corrected chi connectivity index (χ1v) is 5.66. The highest BCUT2D eigenvalue weighted by Crippen LogP contribution is 2.12. The Labute approximate surface area is 81.6 Å². The highest BCUT2D eigenvalue weighted by Gasteiger charge is 2.13. The SMILES string of the molecule is CCC(CN)S(=O)c1ccccc1. The van der Waals surface area contributed by atoms with E-state index in [4.69, 9.17) is 5.73 Å². The van der Waals surface area contributed by atoms with Crippen molar-refractivity contribution in [1.29, 1.82) is 0 Å². The van der Waals surface area contributed by atoms with E-state index in [2.05, 4.69) is 0 Å². The monoisotopic (exact) mass is 197 g/mol. The third-order valence-electron chi connectivity index (χ3n) is 2.00. The molecule has 0 heterocycles. The van der Waals surface area contributed by atoms with Crippen molar-refractivity contribution in [2.75, 3.05) is 6.54 Å². The van der Waals surface area contributed by atoms with Crippen LogP contribution in [0.5, 0.6) is 0 Å². The summed E-state index contributed by atoms with van der Waals surface area (Å²) < 4.78 is 11.8. The Morgan fingerprint density at radius 1 is 1.38 bits per heavy atom. The van der Waals surface area contributed by atoms with Crippen LogP contribution in [0, 0.1) is 0 Å². The Morgan fingerprint density at radius 2 is 2.00 bits per heavy atom. The third kappa shape index (κ3) is 2.64. The van der Waals surface area contributed by atoms with Gasteiger partial charge in [-0.15, -0.1) is 0 Å². The molecule has 0 aliphatic rings. The van der Waals surface area contributed by atoms with Crippen molar-refractivity contribution in [2.24, 2.45) is 5.73 Å². The Morgan fingerprint density at radius 3 is 2.46 bits per heavy atom. The molecular formula is C10H15NOS. The average molecular weight is 197 g/mol. The number of benzene rings is 1. The highest BCUT2D eigenvalue weighted by atomic mass is 32.2. The molecule has 0 aromatic heterocycles. The smallest absolute Gasteiger partial charge is 0.0573 e. The van der Waals surface area contributed by atoms with E-state index in [1.54, 1.807) is 0 Å². The lowest BCUT2D eigenvalue weighted by atomic mass is 10.3. The molecule has 1 rings (SSSR count). The summed E-state index contributed by atoms with van der Waals surface area (Å²) in [7, 11) is -0.946. The summed E-state index contributed by atoms with van der Waals surface area (Å²) in [4.78, 5) is 0.875. The predicted octanol–water partition coefficient (Wildman–Crippen LogP) is 1.53. The van der Waals surface area contributed by atoms with E-state index in [0.29, 0.717) is 6.54 Å². The Bertz CT molecular complexity index is 270. The molecule has 0 bridgehead atoms. The Balaban J connectivity index is 2.78. The van der Waals surface area contributed by atoms with Gasteiger partial charge in [-0.05, 0) is 18.6 Å². The van der Waals surface area contributed by atoms with Crippen molar-refractivity contribution in [3.05, 3.63) is 30.3 Å². The molecule has 0 radical (unpaired) electrons. The summed E-state index contributed by atoms with van der Waals surface area (Å²) in [6, 6.07) is 9.49. The predicted molar refractivity (Wildman–Crippen MR) is 56.0 cm³/mol. The maximum absolute atomic E-state index is 11.8. The standard InChI is InChI=1S/C10H15NOS/c1-2-9(8-11)13(12)10-6-4-3-5-7-10/h3-7,9H,2,8,11H2,1H3. The van der Waals surface area contributed by atoms with E-state index in [1.165, 1.54) is 0 Å². The van der Waals surface area contributed by atoms with Gasteiger partial charge in [-0.2, -0.15) is 0 Å². The minimum Gasteiger partial charge on any atom is -0.329 e. The second kappa shape index (κ2) is 5.14. The molecule has 3 heteroatoms. The van der Waals surface area contributed by atoms with Gasteiger partial charge in [0.1, 0.15) is 0 Å². The molecule has 0 aliphatic heterocycles. The van der Waals surface area contributed by atoms with Gasteiger partial charge in [-0.25, -0.2) is 0 Å². The maximum Gasteiger partial charge on any atom is 0.0573 e. The van der Waals surface area contributed by atoms with Crippen molar-refractivity contribution >= 4 is 10.8 Å². The fourth-order valence-corrected chi connectivity index (χ4v) is 2.44. The van der Waals surface area contributed by atoms with E-state index in [1.807, 2.05) is 37.3 Å². The average Bonchev–Trinajstić information content (AvgIpc) is 2.21. The lowest BCUT2D eigenvalue weighted by molar-refractivity contribution is 0.664. The maximum atomic E-state index is 11.8. The minimum atomic E-state index is -0.946. The first-order valence-electron chi connectivity index (χ1n) is 4.45. The van der Waals surface area contributed by atoms with Crippen molar-refractivity contribution in [3.8, 4) is 0 Å². The molecule has 1 aromatic rings. The molecular weight excluding hydrogens is 182 g/mol. The molecule has 1 aromatic carbocycles. The molecule has 2 nitrogen and oxygen atoms in total. The fourth-order valence-electron chi connectivity index (χ4n) is 1.15. The molecule has 0 fully saturated rings. The number of hydrogen-bond acceptors (Lipinski definition) is 2. The van der Waals surface area contributed by atoms with Gasteiger partial charge < -0.3 is 5.73 Å². The minimum absolute atomic E-state index is 0.0856. The van der Waals surface area contributed by atoms with Crippen LogP contribution in [0.3, 0.4) is 0 Å².